The highest BCUT2D eigenvalue weighted by atomic mass is 14.4. The number of rotatable bonds is 1. The van der Waals surface area contributed by atoms with Gasteiger partial charge in [-0.05, 0) is 30.9 Å². The molecule has 1 aromatic carbocycles. The van der Waals surface area contributed by atoms with Crippen LogP contribution in [0.4, 0.5) is 0 Å². The van der Waals surface area contributed by atoms with Crippen molar-refractivity contribution in [2.75, 3.05) is 0 Å². The third-order valence-corrected chi connectivity index (χ3v) is 3.02. The van der Waals surface area contributed by atoms with Crippen molar-refractivity contribution < 1.29 is 0 Å². The standard InChI is InChI=1S/C13H11N/c1-2-11-6-3-4-7-12(11)13(10-14)8-5-9-13/h1,3-4,6-7H,5,8-9H2. The molecule has 1 heteroatoms. The van der Waals surface area contributed by atoms with Gasteiger partial charge in [0, 0.05) is 5.56 Å². The van der Waals surface area contributed by atoms with Gasteiger partial charge in [0.15, 0.2) is 0 Å². The van der Waals surface area contributed by atoms with E-state index < -0.39 is 0 Å². The zero-order chi connectivity index (χ0) is 10.0. The Morgan fingerprint density at radius 3 is 2.50 bits per heavy atom. The fraction of sp³-hybridized carbons (Fsp3) is 0.308. The smallest absolute Gasteiger partial charge is 0.0834 e. The molecule has 1 aromatic rings. The molecule has 0 unspecified atom stereocenters. The molecule has 0 aromatic heterocycles. The quantitative estimate of drug-likeness (QED) is 0.611. The van der Waals surface area contributed by atoms with Crippen molar-refractivity contribution in [3.8, 4) is 18.4 Å². The minimum Gasteiger partial charge on any atom is -0.197 e. The second-order valence-corrected chi connectivity index (χ2v) is 3.74. The van der Waals surface area contributed by atoms with Gasteiger partial charge in [0.2, 0.25) is 0 Å². The molecule has 1 aliphatic carbocycles. The van der Waals surface area contributed by atoms with Crippen molar-refractivity contribution in [1.82, 2.24) is 0 Å². The lowest BCUT2D eigenvalue weighted by atomic mass is 9.64. The lowest BCUT2D eigenvalue weighted by molar-refractivity contribution is 0.323. The first-order chi connectivity index (χ1) is 6.82. The van der Waals surface area contributed by atoms with Gasteiger partial charge in [-0.15, -0.1) is 6.42 Å². The summed E-state index contributed by atoms with van der Waals surface area (Å²) < 4.78 is 0. The van der Waals surface area contributed by atoms with Gasteiger partial charge in [-0.3, -0.25) is 0 Å². The fourth-order valence-electron chi connectivity index (χ4n) is 2.00. The van der Waals surface area contributed by atoms with Crippen molar-refractivity contribution in [3.05, 3.63) is 35.4 Å². The fourth-order valence-corrected chi connectivity index (χ4v) is 2.00. The number of nitriles is 1. The minimum absolute atomic E-state index is 0.289. The first-order valence-electron chi connectivity index (χ1n) is 4.80. The molecule has 0 amide bonds. The summed E-state index contributed by atoms with van der Waals surface area (Å²) in [5, 5.41) is 9.19. The molecule has 1 saturated carbocycles. The summed E-state index contributed by atoms with van der Waals surface area (Å²) in [6, 6.07) is 10.2. The Morgan fingerprint density at radius 1 is 1.29 bits per heavy atom. The molecule has 1 fully saturated rings. The monoisotopic (exact) mass is 181 g/mol. The van der Waals surface area contributed by atoms with Crippen LogP contribution >= 0.6 is 0 Å². The van der Waals surface area contributed by atoms with Crippen LogP contribution in [0.1, 0.15) is 30.4 Å². The largest absolute Gasteiger partial charge is 0.197 e. The van der Waals surface area contributed by atoms with Gasteiger partial charge < -0.3 is 0 Å². The molecule has 0 saturated heterocycles. The Hall–Kier alpha value is -1.73. The summed E-state index contributed by atoms with van der Waals surface area (Å²) in [6.45, 7) is 0. The molecular weight excluding hydrogens is 170 g/mol. The molecule has 1 aliphatic rings. The Balaban J connectivity index is 2.52. The molecule has 0 atom stereocenters. The van der Waals surface area contributed by atoms with Crippen LogP contribution in [0.15, 0.2) is 24.3 Å². The molecule has 14 heavy (non-hydrogen) atoms. The van der Waals surface area contributed by atoms with Crippen LogP contribution in [0.25, 0.3) is 0 Å². The number of nitrogens with zero attached hydrogens (tertiary/aromatic N) is 1. The Kier molecular flexibility index (Phi) is 2.02. The van der Waals surface area contributed by atoms with Crippen molar-refractivity contribution in [3.63, 3.8) is 0 Å². The predicted octanol–water partition coefficient (Wildman–Crippen LogP) is 2.61. The highest BCUT2D eigenvalue weighted by molar-refractivity contribution is 5.48. The second kappa shape index (κ2) is 3.20. The number of hydrogen-bond acceptors (Lipinski definition) is 1. The van der Waals surface area contributed by atoms with Crippen molar-refractivity contribution >= 4 is 0 Å². The van der Waals surface area contributed by atoms with Gasteiger partial charge in [-0.2, -0.15) is 5.26 Å². The van der Waals surface area contributed by atoms with E-state index in [4.69, 9.17) is 6.42 Å². The van der Waals surface area contributed by atoms with E-state index in [9.17, 15) is 5.26 Å². The molecule has 0 radical (unpaired) electrons. The maximum Gasteiger partial charge on any atom is 0.0834 e. The topological polar surface area (TPSA) is 23.8 Å². The van der Waals surface area contributed by atoms with Crippen molar-refractivity contribution in [2.45, 2.75) is 24.7 Å². The summed E-state index contributed by atoms with van der Waals surface area (Å²) in [6.07, 6.45) is 8.45. The van der Waals surface area contributed by atoms with E-state index in [1.165, 1.54) is 0 Å². The van der Waals surface area contributed by atoms with Crippen LogP contribution in [0.2, 0.25) is 0 Å². The van der Waals surface area contributed by atoms with E-state index in [0.29, 0.717) is 0 Å². The molecule has 0 aliphatic heterocycles. The average molecular weight is 181 g/mol. The van der Waals surface area contributed by atoms with E-state index in [1.54, 1.807) is 0 Å². The molecule has 2 rings (SSSR count). The number of terminal acetylenes is 1. The molecule has 0 N–H and O–H groups in total. The highest BCUT2D eigenvalue weighted by Crippen LogP contribution is 2.44. The van der Waals surface area contributed by atoms with Crippen molar-refractivity contribution in [2.24, 2.45) is 0 Å². The van der Waals surface area contributed by atoms with E-state index in [0.717, 1.165) is 30.4 Å². The number of benzene rings is 1. The van der Waals surface area contributed by atoms with Gasteiger partial charge in [-0.1, -0.05) is 24.1 Å². The SMILES string of the molecule is C#Cc1ccccc1C1(C#N)CCC1. The van der Waals surface area contributed by atoms with Crippen LogP contribution < -0.4 is 0 Å². The summed E-state index contributed by atoms with van der Waals surface area (Å²) >= 11 is 0. The van der Waals surface area contributed by atoms with E-state index in [-0.39, 0.29) is 5.41 Å². The van der Waals surface area contributed by atoms with E-state index in [1.807, 2.05) is 24.3 Å². The second-order valence-electron chi connectivity index (χ2n) is 3.74. The maximum absolute atomic E-state index is 9.19. The highest BCUT2D eigenvalue weighted by Gasteiger charge is 2.40. The first kappa shape index (κ1) is 8.85. The molecule has 0 heterocycles. The maximum atomic E-state index is 9.19. The predicted molar refractivity (Wildman–Crippen MR) is 55.5 cm³/mol. The Labute approximate surface area is 84.4 Å². The van der Waals surface area contributed by atoms with Crippen LogP contribution in [-0.4, -0.2) is 0 Å². The van der Waals surface area contributed by atoms with Gasteiger partial charge in [-0.25, -0.2) is 0 Å². The number of hydrogen-bond donors (Lipinski definition) is 0. The van der Waals surface area contributed by atoms with Gasteiger partial charge in [0.05, 0.1) is 11.5 Å². The normalized spacial score (nSPS) is 17.6. The van der Waals surface area contributed by atoms with Crippen LogP contribution in [0, 0.1) is 23.7 Å². The Morgan fingerprint density at radius 2 is 2.00 bits per heavy atom. The zero-order valence-corrected chi connectivity index (χ0v) is 7.96. The Bertz CT molecular complexity index is 427. The van der Waals surface area contributed by atoms with Crippen molar-refractivity contribution in [1.29, 1.82) is 5.26 Å². The minimum atomic E-state index is -0.289. The first-order valence-corrected chi connectivity index (χ1v) is 4.80. The van der Waals surface area contributed by atoms with Crippen LogP contribution in [0.5, 0.6) is 0 Å². The van der Waals surface area contributed by atoms with E-state index >= 15 is 0 Å². The van der Waals surface area contributed by atoms with Gasteiger partial charge in [0.1, 0.15) is 0 Å². The lowest BCUT2D eigenvalue weighted by Crippen LogP contribution is -2.33. The third-order valence-electron chi connectivity index (χ3n) is 3.02. The van der Waals surface area contributed by atoms with Crippen LogP contribution in [0.3, 0.4) is 0 Å². The third kappa shape index (κ3) is 1.10. The molecule has 1 nitrogen and oxygen atoms in total. The molecule has 0 bridgehead atoms. The summed E-state index contributed by atoms with van der Waals surface area (Å²) in [4.78, 5) is 0. The summed E-state index contributed by atoms with van der Waals surface area (Å²) in [5.74, 6) is 2.65. The molecule has 0 spiro atoms. The zero-order valence-electron chi connectivity index (χ0n) is 7.96. The molecule has 68 valence electrons. The lowest BCUT2D eigenvalue weighted by Gasteiger charge is -2.36. The average Bonchev–Trinajstić information content (AvgIpc) is 2.18. The van der Waals surface area contributed by atoms with E-state index in [2.05, 4.69) is 12.0 Å². The van der Waals surface area contributed by atoms with Crippen LogP contribution in [-0.2, 0) is 5.41 Å². The summed E-state index contributed by atoms with van der Waals surface area (Å²) in [7, 11) is 0. The van der Waals surface area contributed by atoms with Gasteiger partial charge >= 0.3 is 0 Å². The molecular formula is C13H11N. The summed E-state index contributed by atoms with van der Waals surface area (Å²) in [5.41, 5.74) is 1.62. The van der Waals surface area contributed by atoms with Gasteiger partial charge in [0.25, 0.3) is 0 Å².